The summed E-state index contributed by atoms with van der Waals surface area (Å²) in [6.07, 6.45) is 2.06. The summed E-state index contributed by atoms with van der Waals surface area (Å²) >= 11 is 3.21. The van der Waals surface area contributed by atoms with Gasteiger partial charge in [0.1, 0.15) is 0 Å². The molecule has 0 unspecified atom stereocenters. The zero-order chi connectivity index (χ0) is 11.4. The van der Waals surface area contributed by atoms with Crippen molar-refractivity contribution in [1.29, 1.82) is 0 Å². The largest absolute Gasteiger partial charge is 0.396 e. The van der Waals surface area contributed by atoms with Gasteiger partial charge in [-0.3, -0.25) is 4.79 Å². The molecule has 0 saturated heterocycles. The maximum absolute atomic E-state index is 11.5. The summed E-state index contributed by atoms with van der Waals surface area (Å²) in [5, 5.41) is 14.0. The third kappa shape index (κ3) is 3.23. The molecule has 1 aliphatic rings. The first-order valence-corrected chi connectivity index (χ1v) is 7.14. The monoisotopic (exact) mass is 257 g/mol. The SMILES string of the molecule is O=C(CSc1cccs1)NCC1(CO)CC1. The zero-order valence-corrected chi connectivity index (χ0v) is 10.6. The van der Waals surface area contributed by atoms with Gasteiger partial charge in [0.05, 0.1) is 16.6 Å². The van der Waals surface area contributed by atoms with E-state index in [9.17, 15) is 4.79 Å². The van der Waals surface area contributed by atoms with Gasteiger partial charge in [0.25, 0.3) is 0 Å². The van der Waals surface area contributed by atoms with Crippen LogP contribution in [0.2, 0.25) is 0 Å². The molecule has 0 aliphatic heterocycles. The van der Waals surface area contributed by atoms with Crippen LogP contribution in [-0.4, -0.2) is 29.9 Å². The molecule has 2 N–H and O–H groups in total. The summed E-state index contributed by atoms with van der Waals surface area (Å²) in [6, 6.07) is 3.99. The first-order chi connectivity index (χ1) is 7.74. The number of thioether (sulfide) groups is 1. The van der Waals surface area contributed by atoms with Gasteiger partial charge in [0.2, 0.25) is 5.91 Å². The highest BCUT2D eigenvalue weighted by Gasteiger charge is 2.41. The standard InChI is InChI=1S/C11H15NO2S2/c13-8-11(3-4-11)7-12-9(14)6-16-10-2-1-5-15-10/h1-2,5,13H,3-4,6-8H2,(H,12,14). The predicted molar refractivity (Wildman–Crippen MR) is 66.8 cm³/mol. The topological polar surface area (TPSA) is 49.3 Å². The van der Waals surface area contributed by atoms with Crippen molar-refractivity contribution >= 4 is 29.0 Å². The molecule has 1 saturated carbocycles. The Labute approximate surface area is 103 Å². The summed E-state index contributed by atoms with van der Waals surface area (Å²) in [4.78, 5) is 11.5. The van der Waals surface area contributed by atoms with Crippen molar-refractivity contribution < 1.29 is 9.90 Å². The second-order valence-electron chi connectivity index (χ2n) is 4.16. The molecule has 1 heterocycles. The number of carbonyl (C=O) groups is 1. The van der Waals surface area contributed by atoms with Crippen LogP contribution in [0.5, 0.6) is 0 Å². The molecule has 0 radical (unpaired) electrons. The maximum atomic E-state index is 11.5. The molecular weight excluding hydrogens is 242 g/mol. The molecule has 2 rings (SSSR count). The highest BCUT2D eigenvalue weighted by molar-refractivity contribution is 8.01. The Hall–Kier alpha value is -0.520. The number of aliphatic hydroxyl groups is 1. The van der Waals surface area contributed by atoms with Crippen molar-refractivity contribution in [2.24, 2.45) is 5.41 Å². The molecule has 0 aromatic carbocycles. The normalized spacial score (nSPS) is 17.1. The van der Waals surface area contributed by atoms with Crippen molar-refractivity contribution in [2.75, 3.05) is 18.9 Å². The van der Waals surface area contributed by atoms with Crippen LogP contribution in [0.3, 0.4) is 0 Å². The quantitative estimate of drug-likeness (QED) is 0.763. The molecular formula is C11H15NO2S2. The fourth-order valence-corrected chi connectivity index (χ4v) is 3.00. The Morgan fingerprint density at radius 3 is 3.00 bits per heavy atom. The van der Waals surface area contributed by atoms with Crippen LogP contribution in [0.1, 0.15) is 12.8 Å². The maximum Gasteiger partial charge on any atom is 0.230 e. The molecule has 1 aliphatic carbocycles. The van der Waals surface area contributed by atoms with Crippen LogP contribution in [-0.2, 0) is 4.79 Å². The van der Waals surface area contributed by atoms with Gasteiger partial charge in [-0.2, -0.15) is 0 Å². The Morgan fingerprint density at radius 1 is 1.62 bits per heavy atom. The zero-order valence-electron chi connectivity index (χ0n) is 8.94. The minimum atomic E-state index is 0.00323. The van der Waals surface area contributed by atoms with Gasteiger partial charge in [0.15, 0.2) is 0 Å². The molecule has 0 bridgehead atoms. The van der Waals surface area contributed by atoms with E-state index in [1.807, 2.05) is 17.5 Å². The number of hydrogen-bond acceptors (Lipinski definition) is 4. The Morgan fingerprint density at radius 2 is 2.44 bits per heavy atom. The average molecular weight is 257 g/mol. The first kappa shape index (κ1) is 12.0. The third-order valence-corrected chi connectivity index (χ3v) is 4.92. The number of amides is 1. The molecule has 0 spiro atoms. The number of thiophene rings is 1. The first-order valence-electron chi connectivity index (χ1n) is 5.28. The van der Waals surface area contributed by atoms with Crippen LogP contribution in [0.15, 0.2) is 21.7 Å². The van der Waals surface area contributed by atoms with E-state index < -0.39 is 0 Å². The molecule has 1 fully saturated rings. The molecule has 1 aromatic rings. The van der Waals surface area contributed by atoms with E-state index in [1.54, 1.807) is 23.1 Å². The van der Waals surface area contributed by atoms with E-state index in [-0.39, 0.29) is 17.9 Å². The van der Waals surface area contributed by atoms with Gasteiger partial charge in [-0.05, 0) is 24.3 Å². The van der Waals surface area contributed by atoms with E-state index >= 15 is 0 Å². The Balaban J connectivity index is 1.65. The summed E-state index contributed by atoms with van der Waals surface area (Å²) < 4.78 is 1.17. The third-order valence-electron chi connectivity index (χ3n) is 2.79. The highest BCUT2D eigenvalue weighted by atomic mass is 32.2. The second kappa shape index (κ2) is 5.21. The summed E-state index contributed by atoms with van der Waals surface area (Å²) in [5.74, 6) is 0.514. The molecule has 1 amide bonds. The highest BCUT2D eigenvalue weighted by Crippen LogP contribution is 2.44. The van der Waals surface area contributed by atoms with Gasteiger partial charge in [0, 0.05) is 12.0 Å². The van der Waals surface area contributed by atoms with E-state index in [0.717, 1.165) is 12.8 Å². The number of aliphatic hydroxyl groups excluding tert-OH is 1. The lowest BCUT2D eigenvalue weighted by atomic mass is 10.1. The lowest BCUT2D eigenvalue weighted by molar-refractivity contribution is -0.118. The number of nitrogens with one attached hydrogen (secondary N) is 1. The van der Waals surface area contributed by atoms with Crippen molar-refractivity contribution in [3.05, 3.63) is 17.5 Å². The van der Waals surface area contributed by atoms with Crippen LogP contribution in [0.25, 0.3) is 0 Å². The van der Waals surface area contributed by atoms with Crippen molar-refractivity contribution in [2.45, 2.75) is 17.1 Å². The van der Waals surface area contributed by atoms with Gasteiger partial charge in [-0.25, -0.2) is 0 Å². The van der Waals surface area contributed by atoms with Gasteiger partial charge in [-0.1, -0.05) is 6.07 Å². The fourth-order valence-electron chi connectivity index (χ4n) is 1.39. The average Bonchev–Trinajstić information content (AvgIpc) is 2.90. The van der Waals surface area contributed by atoms with Crippen molar-refractivity contribution in [3.8, 4) is 0 Å². The van der Waals surface area contributed by atoms with Gasteiger partial charge in [-0.15, -0.1) is 23.1 Å². The van der Waals surface area contributed by atoms with Gasteiger partial charge < -0.3 is 10.4 Å². The summed E-state index contributed by atoms with van der Waals surface area (Å²) in [6.45, 7) is 0.804. The molecule has 1 aromatic heterocycles. The molecule has 16 heavy (non-hydrogen) atoms. The smallest absolute Gasteiger partial charge is 0.230 e. The minimum Gasteiger partial charge on any atom is -0.396 e. The Kier molecular flexibility index (Phi) is 3.89. The number of rotatable bonds is 6. The van der Waals surface area contributed by atoms with Crippen molar-refractivity contribution in [3.63, 3.8) is 0 Å². The number of carbonyl (C=O) groups excluding carboxylic acids is 1. The predicted octanol–water partition coefficient (Wildman–Crippen LogP) is 1.73. The molecule has 5 heteroatoms. The Bertz CT molecular complexity index is 347. The molecule has 3 nitrogen and oxygen atoms in total. The second-order valence-corrected chi connectivity index (χ2v) is 6.38. The van der Waals surface area contributed by atoms with E-state index in [0.29, 0.717) is 12.3 Å². The summed E-state index contributed by atoms with van der Waals surface area (Å²) in [5.41, 5.74) is 0.00323. The summed E-state index contributed by atoms with van der Waals surface area (Å²) in [7, 11) is 0. The molecule has 88 valence electrons. The van der Waals surface area contributed by atoms with Crippen molar-refractivity contribution in [1.82, 2.24) is 5.32 Å². The van der Waals surface area contributed by atoms with Gasteiger partial charge >= 0.3 is 0 Å². The minimum absolute atomic E-state index is 0.00323. The fraction of sp³-hybridized carbons (Fsp3) is 0.545. The van der Waals surface area contributed by atoms with Crippen LogP contribution < -0.4 is 5.32 Å². The van der Waals surface area contributed by atoms with Crippen LogP contribution >= 0.6 is 23.1 Å². The molecule has 0 atom stereocenters. The van der Waals surface area contributed by atoms with E-state index in [2.05, 4.69) is 5.32 Å². The van der Waals surface area contributed by atoms with E-state index in [4.69, 9.17) is 5.11 Å². The van der Waals surface area contributed by atoms with Crippen LogP contribution in [0, 0.1) is 5.41 Å². The van der Waals surface area contributed by atoms with Crippen LogP contribution in [0.4, 0.5) is 0 Å². The lowest BCUT2D eigenvalue weighted by Gasteiger charge is -2.12. The van der Waals surface area contributed by atoms with E-state index in [1.165, 1.54) is 4.21 Å². The number of hydrogen-bond donors (Lipinski definition) is 2. The lowest BCUT2D eigenvalue weighted by Crippen LogP contribution is -2.32.